The number of ether oxygens (including phenoxy) is 1. The van der Waals surface area contributed by atoms with Gasteiger partial charge in [0.2, 0.25) is 0 Å². The van der Waals surface area contributed by atoms with Crippen LogP contribution >= 0.6 is 0 Å². The SMILES string of the molecule is CCNCC(O)c1ccc(OC)c(N)c1. The zero-order chi connectivity index (χ0) is 11.3. The van der Waals surface area contributed by atoms with E-state index in [-0.39, 0.29) is 0 Å². The van der Waals surface area contributed by atoms with E-state index in [1.54, 1.807) is 19.2 Å². The van der Waals surface area contributed by atoms with Gasteiger partial charge < -0.3 is 20.9 Å². The molecule has 0 aliphatic carbocycles. The largest absolute Gasteiger partial charge is 0.495 e. The third-order valence-corrected chi connectivity index (χ3v) is 2.23. The van der Waals surface area contributed by atoms with Crippen LogP contribution in [0.25, 0.3) is 0 Å². The van der Waals surface area contributed by atoms with Crippen molar-refractivity contribution in [2.45, 2.75) is 13.0 Å². The molecule has 0 heterocycles. The van der Waals surface area contributed by atoms with Crippen LogP contribution < -0.4 is 15.8 Å². The molecule has 4 N–H and O–H groups in total. The van der Waals surface area contributed by atoms with Gasteiger partial charge in [-0.15, -0.1) is 0 Å². The van der Waals surface area contributed by atoms with E-state index < -0.39 is 6.10 Å². The Kier molecular flexibility index (Phi) is 4.39. The summed E-state index contributed by atoms with van der Waals surface area (Å²) in [7, 11) is 1.57. The van der Waals surface area contributed by atoms with Gasteiger partial charge >= 0.3 is 0 Å². The standard InChI is InChI=1S/C11H18N2O2/c1-3-13-7-10(14)8-4-5-11(15-2)9(12)6-8/h4-6,10,13-14H,3,7,12H2,1-2H3. The molecule has 0 saturated carbocycles. The minimum Gasteiger partial charge on any atom is -0.495 e. The summed E-state index contributed by atoms with van der Waals surface area (Å²) in [5, 5.41) is 12.9. The van der Waals surface area contributed by atoms with Crippen LogP contribution in [0.1, 0.15) is 18.6 Å². The summed E-state index contributed by atoms with van der Waals surface area (Å²) in [5.74, 6) is 0.634. The first-order valence-corrected chi connectivity index (χ1v) is 5.01. The number of nitrogen functional groups attached to an aromatic ring is 1. The first-order valence-electron chi connectivity index (χ1n) is 5.01. The molecule has 0 fully saturated rings. The van der Waals surface area contributed by atoms with Crippen molar-refractivity contribution in [3.8, 4) is 5.75 Å². The smallest absolute Gasteiger partial charge is 0.141 e. The predicted octanol–water partition coefficient (Wildman–Crippen LogP) is 0.920. The van der Waals surface area contributed by atoms with E-state index in [9.17, 15) is 5.11 Å². The number of rotatable bonds is 5. The fourth-order valence-corrected chi connectivity index (χ4v) is 1.36. The second-order valence-corrected chi connectivity index (χ2v) is 3.32. The van der Waals surface area contributed by atoms with Gasteiger partial charge in [-0.1, -0.05) is 13.0 Å². The molecule has 1 aromatic rings. The summed E-state index contributed by atoms with van der Waals surface area (Å²) in [5.41, 5.74) is 7.09. The number of aliphatic hydroxyl groups excluding tert-OH is 1. The molecule has 0 bridgehead atoms. The molecular weight excluding hydrogens is 192 g/mol. The molecule has 0 aromatic heterocycles. The Hall–Kier alpha value is -1.26. The van der Waals surface area contributed by atoms with Crippen molar-refractivity contribution >= 4 is 5.69 Å². The van der Waals surface area contributed by atoms with Gasteiger partial charge in [-0.05, 0) is 24.2 Å². The van der Waals surface area contributed by atoms with Gasteiger partial charge in [0.05, 0.1) is 18.9 Å². The molecule has 4 nitrogen and oxygen atoms in total. The van der Waals surface area contributed by atoms with Crippen LogP contribution in [-0.4, -0.2) is 25.3 Å². The summed E-state index contributed by atoms with van der Waals surface area (Å²) in [4.78, 5) is 0. The topological polar surface area (TPSA) is 67.5 Å². The average Bonchev–Trinajstić information content (AvgIpc) is 2.25. The van der Waals surface area contributed by atoms with Crippen molar-refractivity contribution < 1.29 is 9.84 Å². The Morgan fingerprint density at radius 3 is 2.80 bits per heavy atom. The van der Waals surface area contributed by atoms with E-state index in [0.717, 1.165) is 12.1 Å². The van der Waals surface area contributed by atoms with E-state index in [0.29, 0.717) is 18.0 Å². The minimum absolute atomic E-state index is 0.529. The summed E-state index contributed by atoms with van der Waals surface area (Å²) >= 11 is 0. The lowest BCUT2D eigenvalue weighted by Gasteiger charge is -2.13. The highest BCUT2D eigenvalue weighted by Crippen LogP contribution is 2.24. The molecule has 0 radical (unpaired) electrons. The number of likely N-dealkylation sites (N-methyl/N-ethyl adjacent to an activating group) is 1. The van der Waals surface area contributed by atoms with Gasteiger partial charge in [0.25, 0.3) is 0 Å². The second kappa shape index (κ2) is 5.58. The fourth-order valence-electron chi connectivity index (χ4n) is 1.36. The Morgan fingerprint density at radius 1 is 1.53 bits per heavy atom. The van der Waals surface area contributed by atoms with Crippen LogP contribution in [0.2, 0.25) is 0 Å². The van der Waals surface area contributed by atoms with E-state index in [1.807, 2.05) is 13.0 Å². The van der Waals surface area contributed by atoms with E-state index in [2.05, 4.69) is 5.32 Å². The van der Waals surface area contributed by atoms with E-state index in [1.165, 1.54) is 0 Å². The molecule has 84 valence electrons. The summed E-state index contributed by atoms with van der Waals surface area (Å²) in [6.45, 7) is 3.36. The normalized spacial score (nSPS) is 12.5. The van der Waals surface area contributed by atoms with Crippen molar-refractivity contribution in [1.29, 1.82) is 0 Å². The first kappa shape index (κ1) is 11.8. The van der Waals surface area contributed by atoms with Crippen LogP contribution in [0, 0.1) is 0 Å². The van der Waals surface area contributed by atoms with Crippen molar-refractivity contribution in [2.24, 2.45) is 0 Å². The molecule has 0 aliphatic rings. The summed E-state index contributed by atoms with van der Waals surface area (Å²) in [6.07, 6.45) is -0.529. The quantitative estimate of drug-likeness (QED) is 0.632. The molecule has 0 amide bonds. The Bertz CT molecular complexity index is 315. The highest BCUT2D eigenvalue weighted by Gasteiger charge is 2.08. The fraction of sp³-hybridized carbons (Fsp3) is 0.455. The van der Waals surface area contributed by atoms with Gasteiger partial charge in [0.1, 0.15) is 5.75 Å². The highest BCUT2D eigenvalue weighted by atomic mass is 16.5. The number of hydrogen-bond donors (Lipinski definition) is 3. The zero-order valence-electron chi connectivity index (χ0n) is 9.16. The van der Waals surface area contributed by atoms with Crippen LogP contribution in [0.4, 0.5) is 5.69 Å². The van der Waals surface area contributed by atoms with Crippen LogP contribution in [-0.2, 0) is 0 Å². The number of nitrogens with one attached hydrogen (secondary N) is 1. The zero-order valence-corrected chi connectivity index (χ0v) is 9.16. The number of benzene rings is 1. The third-order valence-electron chi connectivity index (χ3n) is 2.23. The summed E-state index contributed by atoms with van der Waals surface area (Å²) < 4.78 is 5.04. The van der Waals surface area contributed by atoms with E-state index >= 15 is 0 Å². The highest BCUT2D eigenvalue weighted by molar-refractivity contribution is 5.54. The molecule has 1 atom stereocenters. The molecule has 0 saturated heterocycles. The number of anilines is 1. The van der Waals surface area contributed by atoms with Crippen LogP contribution in [0.15, 0.2) is 18.2 Å². The predicted molar refractivity (Wildman–Crippen MR) is 60.9 cm³/mol. The lowest BCUT2D eigenvalue weighted by molar-refractivity contribution is 0.175. The summed E-state index contributed by atoms with van der Waals surface area (Å²) in [6, 6.07) is 5.32. The molecule has 1 aromatic carbocycles. The molecule has 1 unspecified atom stereocenters. The maximum Gasteiger partial charge on any atom is 0.141 e. The molecule has 4 heteroatoms. The van der Waals surface area contributed by atoms with Crippen molar-refractivity contribution in [2.75, 3.05) is 25.9 Å². The Labute approximate surface area is 90.1 Å². The lowest BCUT2D eigenvalue weighted by atomic mass is 10.1. The second-order valence-electron chi connectivity index (χ2n) is 3.32. The van der Waals surface area contributed by atoms with Gasteiger partial charge in [-0.25, -0.2) is 0 Å². The van der Waals surface area contributed by atoms with Gasteiger partial charge in [-0.2, -0.15) is 0 Å². The number of methoxy groups -OCH3 is 1. The Morgan fingerprint density at radius 2 is 2.27 bits per heavy atom. The molecule has 0 aliphatic heterocycles. The van der Waals surface area contributed by atoms with E-state index in [4.69, 9.17) is 10.5 Å². The van der Waals surface area contributed by atoms with Crippen LogP contribution in [0.3, 0.4) is 0 Å². The van der Waals surface area contributed by atoms with Gasteiger partial charge in [-0.3, -0.25) is 0 Å². The average molecular weight is 210 g/mol. The molecule has 1 rings (SSSR count). The minimum atomic E-state index is -0.529. The van der Waals surface area contributed by atoms with Gasteiger partial charge in [0, 0.05) is 6.54 Å². The van der Waals surface area contributed by atoms with Crippen LogP contribution in [0.5, 0.6) is 5.75 Å². The molecule has 0 spiro atoms. The van der Waals surface area contributed by atoms with Crippen molar-refractivity contribution in [3.05, 3.63) is 23.8 Å². The maximum absolute atomic E-state index is 9.78. The van der Waals surface area contributed by atoms with Gasteiger partial charge in [0.15, 0.2) is 0 Å². The first-order chi connectivity index (χ1) is 7.19. The number of nitrogens with two attached hydrogens (primary N) is 1. The Balaban J connectivity index is 2.73. The molecule has 15 heavy (non-hydrogen) atoms. The lowest BCUT2D eigenvalue weighted by Crippen LogP contribution is -2.20. The maximum atomic E-state index is 9.78. The van der Waals surface area contributed by atoms with Crippen molar-refractivity contribution in [3.63, 3.8) is 0 Å². The van der Waals surface area contributed by atoms with Crippen molar-refractivity contribution in [1.82, 2.24) is 5.32 Å². The molecular formula is C11H18N2O2. The third kappa shape index (κ3) is 3.11. The monoisotopic (exact) mass is 210 g/mol. The number of aliphatic hydroxyl groups is 1. The number of hydrogen-bond acceptors (Lipinski definition) is 4.